The van der Waals surface area contributed by atoms with Crippen LogP contribution in [0.25, 0.3) is 0 Å². The van der Waals surface area contributed by atoms with Crippen molar-refractivity contribution in [2.45, 2.75) is 106 Å². The molecule has 44 heavy (non-hydrogen) atoms. The Hall–Kier alpha value is -2.52. The average Bonchev–Trinajstić information content (AvgIpc) is 3.03. The van der Waals surface area contributed by atoms with Crippen molar-refractivity contribution in [1.29, 1.82) is 5.26 Å². The highest BCUT2D eigenvalue weighted by Gasteiger charge is 2.26. The summed E-state index contributed by atoms with van der Waals surface area (Å²) in [5.41, 5.74) is 6.60. The number of nitrogens with one attached hydrogen (secondary N) is 1. The van der Waals surface area contributed by atoms with E-state index in [4.69, 9.17) is 21.3 Å². The van der Waals surface area contributed by atoms with Crippen molar-refractivity contribution in [3.8, 4) is 11.8 Å². The molecule has 0 fully saturated rings. The lowest BCUT2D eigenvalue weighted by Gasteiger charge is -2.28. The van der Waals surface area contributed by atoms with Crippen LogP contribution < -0.4 is 9.46 Å². The molecule has 2 aromatic carbocycles. The van der Waals surface area contributed by atoms with Crippen LogP contribution in [0.4, 0.5) is 0 Å². The Morgan fingerprint density at radius 3 is 2.30 bits per heavy atom. The van der Waals surface area contributed by atoms with Crippen LogP contribution in [0.5, 0.6) is 5.75 Å². The first-order valence-electron chi connectivity index (χ1n) is 16.1. The van der Waals surface area contributed by atoms with Crippen LogP contribution in [-0.2, 0) is 11.8 Å². The zero-order valence-electron chi connectivity index (χ0n) is 28.9. The van der Waals surface area contributed by atoms with Crippen molar-refractivity contribution < 1.29 is 4.74 Å². The standard InChI is InChI=1S/C29H35ClN2O.C9H21NS/c1-7-10-21(4)32-27(11-8-2)23-12-14-25(15-13-23)29(5,6)26-18-22(9-3)28(33-17-16-30)24(19-26)20-31;1-5-8(3)7-9(6-2)10-11-4/h8,10-15,18-19H,7,9,16-17H2,1-6H3;8-10H,5-7H2,1-4H3/b11-8-,21-10+,32-27-;. The normalized spacial score (nSPS) is 13.7. The van der Waals surface area contributed by atoms with Crippen LogP contribution in [0.3, 0.4) is 0 Å². The monoisotopic (exact) mass is 637 g/mol. The molecule has 2 atom stereocenters. The maximum Gasteiger partial charge on any atom is 0.140 e. The summed E-state index contributed by atoms with van der Waals surface area (Å²) in [6.45, 7) is 19.8. The van der Waals surface area contributed by atoms with E-state index in [1.54, 1.807) is 11.9 Å². The number of allylic oxidation sites excluding steroid dienone is 4. The molecule has 2 aromatic rings. The van der Waals surface area contributed by atoms with Gasteiger partial charge in [-0.15, -0.1) is 11.6 Å². The molecule has 0 saturated carbocycles. The number of hydrogen-bond acceptors (Lipinski definition) is 5. The highest BCUT2D eigenvalue weighted by atomic mass is 35.5. The fourth-order valence-electron chi connectivity index (χ4n) is 4.93. The molecular formula is C38H56ClN3OS. The molecule has 1 N–H and O–H groups in total. The van der Waals surface area contributed by atoms with Gasteiger partial charge in [-0.3, -0.25) is 9.71 Å². The Bertz CT molecular complexity index is 1260. The molecule has 0 spiro atoms. The lowest BCUT2D eigenvalue weighted by molar-refractivity contribution is 0.338. The largest absolute Gasteiger partial charge is 0.491 e. The van der Waals surface area contributed by atoms with Gasteiger partial charge in [-0.2, -0.15) is 5.26 Å². The van der Waals surface area contributed by atoms with E-state index < -0.39 is 0 Å². The van der Waals surface area contributed by atoms with Crippen LogP contribution >= 0.6 is 23.5 Å². The first-order valence-corrected chi connectivity index (χ1v) is 17.9. The second-order valence-electron chi connectivity index (χ2n) is 11.6. The number of nitrogens with zero attached hydrogens (tertiary/aromatic N) is 2. The topological polar surface area (TPSA) is 57.4 Å². The van der Waals surface area contributed by atoms with Gasteiger partial charge < -0.3 is 4.74 Å². The van der Waals surface area contributed by atoms with Gasteiger partial charge in [0.15, 0.2) is 0 Å². The molecule has 6 heteroatoms. The lowest BCUT2D eigenvalue weighted by Crippen LogP contribution is -2.24. The van der Waals surface area contributed by atoms with Crippen molar-refractivity contribution >= 4 is 29.3 Å². The molecule has 0 aliphatic rings. The van der Waals surface area contributed by atoms with Gasteiger partial charge >= 0.3 is 0 Å². The van der Waals surface area contributed by atoms with Gasteiger partial charge in [0, 0.05) is 22.7 Å². The highest BCUT2D eigenvalue weighted by molar-refractivity contribution is 7.96. The van der Waals surface area contributed by atoms with Crippen molar-refractivity contribution in [3.05, 3.63) is 88.1 Å². The number of rotatable bonds is 16. The summed E-state index contributed by atoms with van der Waals surface area (Å²) in [5.74, 6) is 1.90. The van der Waals surface area contributed by atoms with Crippen molar-refractivity contribution in [2.75, 3.05) is 18.7 Å². The van der Waals surface area contributed by atoms with E-state index in [1.165, 1.54) is 24.8 Å². The Morgan fingerprint density at radius 2 is 1.80 bits per heavy atom. The number of benzene rings is 2. The molecule has 0 saturated heterocycles. The zero-order chi connectivity index (χ0) is 33.1. The van der Waals surface area contributed by atoms with Gasteiger partial charge in [0.1, 0.15) is 18.4 Å². The second-order valence-corrected chi connectivity index (χ2v) is 12.7. The smallest absolute Gasteiger partial charge is 0.140 e. The van der Waals surface area contributed by atoms with Gasteiger partial charge in [-0.1, -0.05) is 109 Å². The molecule has 2 unspecified atom stereocenters. The lowest BCUT2D eigenvalue weighted by atomic mass is 9.76. The maximum atomic E-state index is 9.77. The van der Waals surface area contributed by atoms with Crippen molar-refractivity contribution in [2.24, 2.45) is 10.9 Å². The molecule has 4 nitrogen and oxygen atoms in total. The molecule has 242 valence electrons. The molecule has 0 bridgehead atoms. The number of aliphatic imine (C=N–C) groups is 1. The third kappa shape index (κ3) is 12.5. The summed E-state index contributed by atoms with van der Waals surface area (Å²) in [4.78, 5) is 4.79. The number of alkyl halides is 1. The maximum absolute atomic E-state index is 9.77. The minimum atomic E-state index is -0.283. The Morgan fingerprint density at radius 1 is 1.11 bits per heavy atom. The number of nitriles is 1. The predicted molar refractivity (Wildman–Crippen MR) is 196 cm³/mol. The number of ether oxygens (including phenoxy) is 1. The fraction of sp³-hybridized carbons (Fsp3) is 0.526. The van der Waals surface area contributed by atoms with Crippen LogP contribution in [0.15, 0.2) is 65.3 Å². The first kappa shape index (κ1) is 39.5. The number of aryl methyl sites for hydroxylation is 1. The van der Waals surface area contributed by atoms with Crippen LogP contribution in [0.1, 0.15) is 116 Å². The minimum absolute atomic E-state index is 0.283. The zero-order valence-corrected chi connectivity index (χ0v) is 30.5. The highest BCUT2D eigenvalue weighted by Crippen LogP contribution is 2.36. The quantitative estimate of drug-likeness (QED) is 0.113. The predicted octanol–water partition coefficient (Wildman–Crippen LogP) is 10.8. The first-order chi connectivity index (χ1) is 21.1. The Labute approximate surface area is 278 Å². The van der Waals surface area contributed by atoms with E-state index in [9.17, 15) is 5.26 Å². The SMILES string of the molecule is CCC(C)CC(CC)NSC.C\C=C/C(=N/C(C)=C/CC)c1ccc(C(C)(C)c2cc(C#N)c(OCCCl)c(CC)c2)cc1. The summed E-state index contributed by atoms with van der Waals surface area (Å²) >= 11 is 7.54. The van der Waals surface area contributed by atoms with E-state index in [0.717, 1.165) is 46.9 Å². The van der Waals surface area contributed by atoms with Gasteiger partial charge in [-0.05, 0) is 80.5 Å². The minimum Gasteiger partial charge on any atom is -0.491 e. The van der Waals surface area contributed by atoms with Crippen LogP contribution in [-0.4, -0.2) is 30.5 Å². The fourth-order valence-corrected chi connectivity index (χ4v) is 5.61. The van der Waals surface area contributed by atoms with Gasteiger partial charge in [0.25, 0.3) is 0 Å². The molecule has 0 radical (unpaired) electrons. The van der Waals surface area contributed by atoms with Crippen LogP contribution in [0, 0.1) is 17.2 Å². The van der Waals surface area contributed by atoms with E-state index in [-0.39, 0.29) is 5.41 Å². The number of halogens is 1. The van der Waals surface area contributed by atoms with Gasteiger partial charge in [0.2, 0.25) is 0 Å². The molecule has 0 heterocycles. The second kappa shape index (κ2) is 21.3. The van der Waals surface area contributed by atoms with E-state index >= 15 is 0 Å². The van der Waals surface area contributed by atoms with Crippen LogP contribution in [0.2, 0.25) is 0 Å². The molecule has 0 aliphatic carbocycles. The third-order valence-corrected chi connectivity index (χ3v) is 8.62. The summed E-state index contributed by atoms with van der Waals surface area (Å²) in [6, 6.07) is 15.7. The average molecular weight is 638 g/mol. The molecule has 0 aliphatic heterocycles. The van der Waals surface area contributed by atoms with E-state index in [2.05, 4.69) is 102 Å². The third-order valence-electron chi connectivity index (χ3n) is 7.90. The Kier molecular flexibility index (Phi) is 19.1. The van der Waals surface area contributed by atoms with E-state index in [1.807, 2.05) is 32.1 Å². The van der Waals surface area contributed by atoms with E-state index in [0.29, 0.717) is 29.8 Å². The Balaban J connectivity index is 0.000000747. The molecular weight excluding hydrogens is 582 g/mol. The van der Waals surface area contributed by atoms with Crippen molar-refractivity contribution in [3.63, 3.8) is 0 Å². The number of hydrogen-bond donors (Lipinski definition) is 1. The summed E-state index contributed by atoms with van der Waals surface area (Å²) < 4.78 is 9.22. The molecule has 2 rings (SSSR count). The van der Waals surface area contributed by atoms with Crippen molar-refractivity contribution in [1.82, 2.24) is 4.72 Å². The molecule has 0 aromatic heterocycles. The summed E-state index contributed by atoms with van der Waals surface area (Å²) in [7, 11) is 0. The summed E-state index contributed by atoms with van der Waals surface area (Å²) in [6.07, 6.45) is 13.9. The van der Waals surface area contributed by atoms with Gasteiger partial charge in [-0.25, -0.2) is 0 Å². The molecule has 0 amide bonds. The van der Waals surface area contributed by atoms with Gasteiger partial charge in [0.05, 0.1) is 17.2 Å². The summed E-state index contributed by atoms with van der Waals surface area (Å²) in [5, 5.41) is 9.77.